The Morgan fingerprint density at radius 2 is 1.78 bits per heavy atom. The quantitative estimate of drug-likeness (QED) is 0.514. The summed E-state index contributed by atoms with van der Waals surface area (Å²) in [7, 11) is 0. The molecule has 0 atom stereocenters. The first-order chi connectivity index (χ1) is 4.41. The summed E-state index contributed by atoms with van der Waals surface area (Å²) in [5, 5.41) is 7.32. The van der Waals surface area contributed by atoms with Crippen LogP contribution < -0.4 is 0 Å². The van der Waals surface area contributed by atoms with E-state index in [1.165, 1.54) is 13.3 Å². The van der Waals surface area contributed by atoms with Gasteiger partial charge in [0.25, 0.3) is 0 Å². The second-order valence-electron chi connectivity index (χ2n) is 1.13. The minimum atomic E-state index is 1.43. The van der Waals surface area contributed by atoms with Gasteiger partial charge in [0.1, 0.15) is 6.33 Å². The summed E-state index contributed by atoms with van der Waals surface area (Å²) < 4.78 is 0. The lowest BCUT2D eigenvalue weighted by Gasteiger charge is -1.70. The van der Waals surface area contributed by atoms with E-state index in [-0.39, 0.29) is 0 Å². The van der Waals surface area contributed by atoms with Crippen molar-refractivity contribution in [3.8, 4) is 6.07 Å². The molecule has 0 aromatic carbocycles. The van der Waals surface area contributed by atoms with Gasteiger partial charge in [0.05, 0.1) is 6.07 Å². The van der Waals surface area contributed by atoms with Gasteiger partial charge in [-0.3, -0.25) is 0 Å². The molecule has 0 amide bonds. The highest BCUT2D eigenvalue weighted by atomic mass is 14.8. The van der Waals surface area contributed by atoms with Gasteiger partial charge < -0.3 is 0 Å². The fourth-order valence-electron chi connectivity index (χ4n) is 0.253. The summed E-state index contributed by atoms with van der Waals surface area (Å²) in [6.07, 6.45) is 4.88. The maximum atomic E-state index is 7.32. The van der Waals surface area contributed by atoms with Crippen molar-refractivity contribution in [1.82, 2.24) is 9.97 Å². The van der Waals surface area contributed by atoms with E-state index in [4.69, 9.17) is 5.26 Å². The molecule has 0 saturated carbocycles. The van der Waals surface area contributed by atoms with E-state index in [1.54, 1.807) is 24.5 Å². The van der Waals surface area contributed by atoms with Crippen LogP contribution in [0.15, 0.2) is 24.8 Å². The normalized spacial score (nSPS) is 6.22. The van der Waals surface area contributed by atoms with Crippen molar-refractivity contribution < 1.29 is 0 Å². The third-order valence-corrected chi connectivity index (χ3v) is 0.478. The van der Waals surface area contributed by atoms with Crippen molar-refractivity contribution in [3.05, 3.63) is 24.8 Å². The molecule has 3 heteroatoms. The minimum Gasteiger partial charge on any atom is -0.245 e. The Hall–Kier alpha value is -1.43. The summed E-state index contributed by atoms with van der Waals surface area (Å²) in [6.45, 7) is 1.43. The Balaban J connectivity index is 0.000000187. The Labute approximate surface area is 54.0 Å². The molecule has 1 rings (SSSR count). The van der Waals surface area contributed by atoms with Crippen LogP contribution in [0, 0.1) is 11.3 Å². The van der Waals surface area contributed by atoms with Crippen LogP contribution in [-0.4, -0.2) is 9.97 Å². The van der Waals surface area contributed by atoms with Crippen molar-refractivity contribution in [1.29, 1.82) is 5.26 Å². The molecule has 3 nitrogen and oxygen atoms in total. The molecule has 0 fully saturated rings. The molecule has 1 aromatic rings. The van der Waals surface area contributed by atoms with E-state index < -0.39 is 0 Å². The minimum absolute atomic E-state index is 1.43. The van der Waals surface area contributed by atoms with E-state index in [9.17, 15) is 0 Å². The van der Waals surface area contributed by atoms with Crippen LogP contribution in [0.1, 0.15) is 6.92 Å². The van der Waals surface area contributed by atoms with Gasteiger partial charge in [-0.15, -0.1) is 0 Å². The molecular formula is C6H7N3. The molecule has 0 bridgehead atoms. The number of hydrogen-bond acceptors (Lipinski definition) is 3. The average molecular weight is 121 g/mol. The molecule has 9 heavy (non-hydrogen) atoms. The van der Waals surface area contributed by atoms with Crippen LogP contribution in [0.3, 0.4) is 0 Å². The van der Waals surface area contributed by atoms with Gasteiger partial charge in [-0.1, -0.05) is 0 Å². The highest BCUT2D eigenvalue weighted by Crippen LogP contribution is 1.66. The molecule has 0 aliphatic carbocycles. The third-order valence-electron chi connectivity index (χ3n) is 0.478. The van der Waals surface area contributed by atoms with E-state index in [1.807, 2.05) is 0 Å². The zero-order chi connectivity index (χ0) is 6.95. The number of hydrogen-bond donors (Lipinski definition) is 0. The van der Waals surface area contributed by atoms with E-state index in [2.05, 4.69) is 9.97 Å². The van der Waals surface area contributed by atoms with Gasteiger partial charge in [-0.05, 0) is 6.07 Å². The smallest absolute Gasteiger partial charge is 0.115 e. The van der Waals surface area contributed by atoms with Crippen molar-refractivity contribution >= 4 is 0 Å². The van der Waals surface area contributed by atoms with Gasteiger partial charge >= 0.3 is 0 Å². The Kier molecular flexibility index (Phi) is 5.53. The van der Waals surface area contributed by atoms with Crippen LogP contribution in [0.25, 0.3) is 0 Å². The number of aromatic nitrogens is 2. The first-order valence-electron chi connectivity index (χ1n) is 2.42. The first-order valence-corrected chi connectivity index (χ1v) is 2.42. The summed E-state index contributed by atoms with van der Waals surface area (Å²) in [5.74, 6) is 0. The fraction of sp³-hybridized carbons (Fsp3) is 0.167. The zero-order valence-corrected chi connectivity index (χ0v) is 5.15. The highest BCUT2D eigenvalue weighted by Gasteiger charge is 1.59. The topological polar surface area (TPSA) is 49.6 Å². The molecule has 1 heterocycles. The first kappa shape index (κ1) is 7.57. The van der Waals surface area contributed by atoms with Crippen LogP contribution in [0.2, 0.25) is 0 Å². The van der Waals surface area contributed by atoms with Crippen LogP contribution in [-0.2, 0) is 0 Å². The molecule has 0 unspecified atom stereocenters. The van der Waals surface area contributed by atoms with Crippen LogP contribution in [0.5, 0.6) is 0 Å². The second-order valence-corrected chi connectivity index (χ2v) is 1.13. The van der Waals surface area contributed by atoms with Crippen molar-refractivity contribution in [2.45, 2.75) is 6.92 Å². The molecule has 0 radical (unpaired) electrons. The number of nitrogens with zero attached hydrogens (tertiary/aromatic N) is 3. The largest absolute Gasteiger partial charge is 0.245 e. The summed E-state index contributed by atoms with van der Waals surface area (Å²) in [4.78, 5) is 7.35. The number of nitriles is 1. The molecule has 46 valence electrons. The van der Waals surface area contributed by atoms with Gasteiger partial charge in [0.15, 0.2) is 0 Å². The Morgan fingerprint density at radius 3 is 1.89 bits per heavy atom. The predicted molar refractivity (Wildman–Crippen MR) is 33.3 cm³/mol. The number of rotatable bonds is 0. The van der Waals surface area contributed by atoms with Gasteiger partial charge in [0, 0.05) is 19.3 Å². The lowest BCUT2D eigenvalue weighted by Crippen LogP contribution is -1.66. The second kappa shape index (κ2) is 6.57. The maximum absolute atomic E-state index is 7.32. The lowest BCUT2D eigenvalue weighted by atomic mass is 10.7. The molecule has 0 N–H and O–H groups in total. The molecular weight excluding hydrogens is 114 g/mol. The highest BCUT2D eigenvalue weighted by molar-refractivity contribution is 4.74. The average Bonchev–Trinajstić information content (AvgIpc) is 1.93. The van der Waals surface area contributed by atoms with Crippen molar-refractivity contribution in [3.63, 3.8) is 0 Å². The van der Waals surface area contributed by atoms with E-state index in [0.29, 0.717) is 0 Å². The van der Waals surface area contributed by atoms with Crippen LogP contribution in [0.4, 0.5) is 0 Å². The fourth-order valence-corrected chi connectivity index (χ4v) is 0.253. The molecule has 0 aliphatic rings. The Bertz CT molecular complexity index is 139. The molecule has 0 saturated heterocycles. The predicted octanol–water partition coefficient (Wildman–Crippen LogP) is 1.01. The zero-order valence-electron chi connectivity index (χ0n) is 5.15. The maximum Gasteiger partial charge on any atom is 0.115 e. The van der Waals surface area contributed by atoms with Crippen LogP contribution >= 0.6 is 0 Å². The summed E-state index contributed by atoms with van der Waals surface area (Å²) in [6, 6.07) is 3.53. The SMILES string of the molecule is CC#N.c1cncnc1. The van der Waals surface area contributed by atoms with Gasteiger partial charge in [-0.2, -0.15) is 5.26 Å². The van der Waals surface area contributed by atoms with Crippen molar-refractivity contribution in [2.75, 3.05) is 0 Å². The lowest BCUT2D eigenvalue weighted by molar-refractivity contribution is 1.17. The molecule has 0 aliphatic heterocycles. The Morgan fingerprint density at radius 1 is 1.33 bits per heavy atom. The standard InChI is InChI=1S/C4H4N2.C2H3N/c1-2-5-4-6-3-1;1-2-3/h1-4H;1H3. The van der Waals surface area contributed by atoms with Gasteiger partial charge in [0.2, 0.25) is 0 Å². The van der Waals surface area contributed by atoms with E-state index >= 15 is 0 Å². The third kappa shape index (κ3) is 6.57. The molecule has 0 spiro atoms. The summed E-state index contributed by atoms with van der Waals surface area (Å²) in [5.41, 5.74) is 0. The monoisotopic (exact) mass is 121 g/mol. The van der Waals surface area contributed by atoms with Gasteiger partial charge in [-0.25, -0.2) is 9.97 Å². The molecule has 1 aromatic heterocycles. The van der Waals surface area contributed by atoms with Crippen molar-refractivity contribution in [2.24, 2.45) is 0 Å². The van der Waals surface area contributed by atoms with E-state index in [0.717, 1.165) is 0 Å². The summed E-state index contributed by atoms with van der Waals surface area (Å²) >= 11 is 0.